The van der Waals surface area contributed by atoms with Crippen molar-refractivity contribution in [3.63, 3.8) is 0 Å². The molecule has 1 aromatic rings. The smallest absolute Gasteiger partial charge is 0.207 e. The van der Waals surface area contributed by atoms with Crippen LogP contribution in [0.3, 0.4) is 0 Å². The second-order valence-corrected chi connectivity index (χ2v) is 9.69. The van der Waals surface area contributed by atoms with E-state index in [1.54, 1.807) is 0 Å². The molecular weight excluding hydrogens is 248 g/mol. The monoisotopic (exact) mass is 268 g/mol. The first-order valence-corrected chi connectivity index (χ1v) is 9.65. The van der Waals surface area contributed by atoms with Gasteiger partial charge in [-0.1, -0.05) is 49.6 Å². The normalized spacial score (nSPS) is 19.1. The first kappa shape index (κ1) is 13.1. The van der Waals surface area contributed by atoms with E-state index in [0.717, 1.165) is 18.5 Å². The molecule has 0 atom stereocenters. The third kappa shape index (κ3) is 3.83. The summed E-state index contributed by atoms with van der Waals surface area (Å²) in [6.45, 7) is 0.850. The number of benzene rings is 1. The molecule has 17 heavy (non-hydrogen) atoms. The molecule has 1 heterocycles. The molecule has 1 nitrogen and oxygen atoms in total. The van der Waals surface area contributed by atoms with Crippen molar-refractivity contribution >= 4 is 19.9 Å². The molecule has 0 N–H and O–H groups in total. The summed E-state index contributed by atoms with van der Waals surface area (Å²) >= 11 is 6.16. The highest BCUT2D eigenvalue weighted by Gasteiger charge is 2.35. The Hall–Kier alpha value is -0.313. The van der Waals surface area contributed by atoms with Crippen molar-refractivity contribution in [2.75, 3.05) is 12.1 Å². The fourth-order valence-corrected chi connectivity index (χ4v) is 6.78. The van der Waals surface area contributed by atoms with E-state index in [9.17, 15) is 0 Å². The zero-order valence-corrected chi connectivity index (χ0v) is 12.1. The van der Waals surface area contributed by atoms with Gasteiger partial charge in [-0.3, -0.25) is 0 Å². The fraction of sp³-hybridized carbons (Fsp3) is 0.571. The molecule has 0 bridgehead atoms. The predicted octanol–water partition coefficient (Wildman–Crippen LogP) is 4.15. The first-order chi connectivity index (χ1) is 8.35. The second-order valence-electron chi connectivity index (χ2n) is 4.96. The van der Waals surface area contributed by atoms with E-state index in [2.05, 4.69) is 30.3 Å². The van der Waals surface area contributed by atoms with Gasteiger partial charge in [0.05, 0.1) is 0 Å². The van der Waals surface area contributed by atoms with Crippen molar-refractivity contribution in [3.8, 4) is 0 Å². The van der Waals surface area contributed by atoms with Gasteiger partial charge in [-0.15, -0.1) is 11.6 Å². The van der Waals surface area contributed by atoms with Crippen LogP contribution in [0, 0.1) is 0 Å². The van der Waals surface area contributed by atoms with E-state index in [-0.39, 0.29) is 0 Å². The van der Waals surface area contributed by atoms with Crippen LogP contribution in [0.5, 0.6) is 0 Å². The van der Waals surface area contributed by atoms with Gasteiger partial charge in [0.2, 0.25) is 8.32 Å². The summed E-state index contributed by atoms with van der Waals surface area (Å²) in [7, 11) is -1.55. The van der Waals surface area contributed by atoms with Crippen molar-refractivity contribution in [1.29, 1.82) is 0 Å². The maximum absolute atomic E-state index is 6.23. The highest BCUT2D eigenvalue weighted by molar-refractivity contribution is 6.80. The van der Waals surface area contributed by atoms with Crippen LogP contribution in [0.4, 0.5) is 0 Å². The molecule has 0 saturated carbocycles. The lowest BCUT2D eigenvalue weighted by molar-refractivity contribution is 0.298. The molecule has 94 valence electrons. The molecule has 0 radical (unpaired) electrons. The van der Waals surface area contributed by atoms with Crippen LogP contribution in [0.2, 0.25) is 12.1 Å². The van der Waals surface area contributed by atoms with Crippen LogP contribution in [-0.2, 0) is 10.8 Å². The lowest BCUT2D eigenvalue weighted by atomic mass is 10.2. The Kier molecular flexibility index (Phi) is 5.08. The Labute approximate surface area is 110 Å². The number of hydrogen-bond donors (Lipinski definition) is 0. The quantitative estimate of drug-likeness (QED) is 0.576. The van der Waals surface area contributed by atoms with Crippen molar-refractivity contribution < 1.29 is 4.43 Å². The maximum Gasteiger partial charge on any atom is 0.207 e. The van der Waals surface area contributed by atoms with E-state index in [4.69, 9.17) is 16.0 Å². The number of rotatable bonds is 5. The summed E-state index contributed by atoms with van der Waals surface area (Å²) < 4.78 is 6.23. The number of hydrogen-bond acceptors (Lipinski definition) is 1. The van der Waals surface area contributed by atoms with Crippen LogP contribution in [0.25, 0.3) is 0 Å². The summed E-state index contributed by atoms with van der Waals surface area (Å²) in [4.78, 5) is 0. The zero-order valence-electron chi connectivity index (χ0n) is 10.3. The third-order valence-corrected chi connectivity index (χ3v) is 8.94. The molecule has 0 unspecified atom stereocenters. The summed E-state index contributed by atoms with van der Waals surface area (Å²) in [6, 6.07) is 13.1. The molecule has 1 aromatic carbocycles. The topological polar surface area (TPSA) is 9.23 Å². The average Bonchev–Trinajstić information content (AvgIpc) is 2.41. The van der Waals surface area contributed by atoms with Gasteiger partial charge in [-0.05, 0) is 24.1 Å². The molecule has 1 aliphatic rings. The molecule has 0 aliphatic carbocycles. The molecule has 3 heteroatoms. The van der Waals surface area contributed by atoms with Crippen molar-refractivity contribution in [2.45, 2.75) is 37.8 Å². The summed E-state index contributed by atoms with van der Waals surface area (Å²) in [5, 5.41) is 0. The van der Waals surface area contributed by atoms with Crippen molar-refractivity contribution in [3.05, 3.63) is 35.9 Å². The molecular formula is C14H21ClOSi. The van der Waals surface area contributed by atoms with Gasteiger partial charge in [-0.2, -0.15) is 0 Å². The highest BCUT2D eigenvalue weighted by Crippen LogP contribution is 2.30. The minimum atomic E-state index is -1.55. The van der Waals surface area contributed by atoms with E-state index >= 15 is 0 Å². The Morgan fingerprint density at radius 1 is 1.06 bits per heavy atom. The molecule has 1 fully saturated rings. The lowest BCUT2D eigenvalue weighted by Crippen LogP contribution is -2.43. The molecule has 1 aliphatic heterocycles. The minimum absolute atomic E-state index is 0.780. The predicted molar refractivity (Wildman–Crippen MR) is 76.0 cm³/mol. The van der Waals surface area contributed by atoms with E-state index in [1.807, 2.05) is 0 Å². The maximum atomic E-state index is 6.23. The molecule has 0 amide bonds. The van der Waals surface area contributed by atoms with Crippen LogP contribution in [-0.4, -0.2) is 20.4 Å². The lowest BCUT2D eigenvalue weighted by Gasteiger charge is -2.33. The number of halogens is 1. The Morgan fingerprint density at radius 2 is 1.76 bits per heavy atom. The van der Waals surface area contributed by atoms with Crippen molar-refractivity contribution in [1.82, 2.24) is 0 Å². The van der Waals surface area contributed by atoms with E-state index < -0.39 is 8.32 Å². The average molecular weight is 269 g/mol. The fourth-order valence-electron chi connectivity index (χ4n) is 2.54. The molecule has 1 saturated heterocycles. The molecule has 0 aromatic heterocycles. The van der Waals surface area contributed by atoms with E-state index in [1.165, 1.54) is 36.9 Å². The third-order valence-electron chi connectivity index (χ3n) is 3.65. The highest BCUT2D eigenvalue weighted by atomic mass is 35.5. The van der Waals surface area contributed by atoms with Crippen LogP contribution in [0.15, 0.2) is 30.3 Å². The Bertz CT molecular complexity index is 322. The van der Waals surface area contributed by atoms with Crippen LogP contribution < -0.4 is 0 Å². The van der Waals surface area contributed by atoms with Crippen molar-refractivity contribution in [2.24, 2.45) is 0 Å². The van der Waals surface area contributed by atoms with E-state index in [0.29, 0.717) is 0 Å². The van der Waals surface area contributed by atoms with Gasteiger partial charge >= 0.3 is 0 Å². The number of alkyl halides is 1. The van der Waals surface area contributed by atoms with Gasteiger partial charge in [0.25, 0.3) is 0 Å². The molecule has 2 rings (SSSR count). The van der Waals surface area contributed by atoms with Gasteiger partial charge in [0.15, 0.2) is 0 Å². The van der Waals surface area contributed by atoms with Gasteiger partial charge in [0, 0.05) is 12.1 Å². The summed E-state index contributed by atoms with van der Waals surface area (Å²) in [5.41, 5.74) is 2.14. The van der Waals surface area contributed by atoms with Gasteiger partial charge < -0.3 is 4.43 Å². The SMILES string of the molecule is ClC[Si]1(OCCc2ccccc2)CCCCC1. The zero-order chi connectivity index (χ0) is 12.0. The Morgan fingerprint density at radius 3 is 2.41 bits per heavy atom. The largest absolute Gasteiger partial charge is 0.415 e. The van der Waals surface area contributed by atoms with Gasteiger partial charge in [-0.25, -0.2) is 0 Å². The standard InChI is InChI=1S/C14H21ClOSi/c15-13-17(11-5-2-6-12-17)16-10-9-14-7-3-1-4-8-14/h1,3-4,7-8H,2,5-6,9-13H2. The first-order valence-electron chi connectivity index (χ1n) is 6.58. The Balaban J connectivity index is 1.80. The summed E-state index contributed by atoms with van der Waals surface area (Å²) in [5.74, 6) is 0. The minimum Gasteiger partial charge on any atom is -0.415 e. The van der Waals surface area contributed by atoms with Gasteiger partial charge in [0.1, 0.15) is 0 Å². The molecule has 0 spiro atoms. The van der Waals surface area contributed by atoms with Crippen LogP contribution >= 0.6 is 11.6 Å². The van der Waals surface area contributed by atoms with Crippen LogP contribution in [0.1, 0.15) is 24.8 Å². The second kappa shape index (κ2) is 6.57. The summed E-state index contributed by atoms with van der Waals surface area (Å²) in [6.07, 6.45) is 5.04.